The van der Waals surface area contributed by atoms with Gasteiger partial charge in [0.1, 0.15) is 0 Å². The van der Waals surface area contributed by atoms with Gasteiger partial charge in [0, 0.05) is 22.4 Å². The Hall–Kier alpha value is -1.45. The molecule has 1 saturated carbocycles. The van der Waals surface area contributed by atoms with Crippen LogP contribution in [0, 0.1) is 5.92 Å². The summed E-state index contributed by atoms with van der Waals surface area (Å²) in [5.74, 6) is 1.57. The van der Waals surface area contributed by atoms with Crippen molar-refractivity contribution >= 4 is 29.3 Å². The number of rotatable bonds is 7. The predicted molar refractivity (Wildman–Crippen MR) is 97.1 cm³/mol. The van der Waals surface area contributed by atoms with Crippen molar-refractivity contribution in [2.24, 2.45) is 5.92 Å². The molecule has 23 heavy (non-hydrogen) atoms. The number of carbonyl (C=O) groups is 1. The van der Waals surface area contributed by atoms with Crippen LogP contribution in [0.1, 0.15) is 24.3 Å². The minimum Gasteiger partial charge on any atom is -0.356 e. The summed E-state index contributed by atoms with van der Waals surface area (Å²) in [6.45, 7) is 0.740. The first-order valence-corrected chi connectivity index (χ1v) is 9.32. The lowest BCUT2D eigenvalue weighted by molar-refractivity contribution is -0.122. The molecule has 0 saturated heterocycles. The summed E-state index contributed by atoms with van der Waals surface area (Å²) in [6, 6.07) is 18.2. The van der Waals surface area contributed by atoms with Crippen molar-refractivity contribution in [2.75, 3.05) is 12.3 Å². The number of hydrogen-bond donors (Lipinski definition) is 1. The topological polar surface area (TPSA) is 29.1 Å². The normalized spacial score (nSPS) is 19.3. The molecule has 3 rings (SSSR count). The quantitative estimate of drug-likeness (QED) is 0.580. The van der Waals surface area contributed by atoms with Gasteiger partial charge in [-0.15, -0.1) is 11.8 Å². The fourth-order valence-electron chi connectivity index (χ4n) is 2.73. The Morgan fingerprint density at radius 3 is 2.65 bits per heavy atom. The summed E-state index contributed by atoms with van der Waals surface area (Å²) in [5.41, 5.74) is 1.11. The highest BCUT2D eigenvalue weighted by atomic mass is 35.5. The van der Waals surface area contributed by atoms with Crippen LogP contribution in [-0.4, -0.2) is 18.2 Å². The molecule has 2 atom stereocenters. The number of nitrogens with one attached hydrogen (secondary N) is 1. The lowest BCUT2D eigenvalue weighted by atomic mass is 10.1. The molecule has 120 valence electrons. The monoisotopic (exact) mass is 345 g/mol. The van der Waals surface area contributed by atoms with Crippen LogP contribution in [-0.2, 0) is 4.79 Å². The molecule has 2 nitrogen and oxygen atoms in total. The zero-order chi connectivity index (χ0) is 16.1. The Morgan fingerprint density at radius 2 is 1.87 bits per heavy atom. The van der Waals surface area contributed by atoms with E-state index >= 15 is 0 Å². The molecule has 0 spiro atoms. The third-order valence-electron chi connectivity index (χ3n) is 4.06. The molecule has 4 heteroatoms. The third kappa shape index (κ3) is 4.52. The Kier molecular flexibility index (Phi) is 5.63. The van der Waals surface area contributed by atoms with E-state index in [9.17, 15) is 4.79 Å². The Morgan fingerprint density at radius 1 is 1.13 bits per heavy atom. The molecule has 1 N–H and O–H groups in total. The van der Waals surface area contributed by atoms with E-state index in [4.69, 9.17) is 11.6 Å². The van der Waals surface area contributed by atoms with Gasteiger partial charge in [0.2, 0.25) is 5.91 Å². The van der Waals surface area contributed by atoms with Gasteiger partial charge in [-0.1, -0.05) is 48.0 Å². The zero-order valence-electron chi connectivity index (χ0n) is 12.9. The summed E-state index contributed by atoms with van der Waals surface area (Å²) < 4.78 is 0. The second-order valence-electron chi connectivity index (χ2n) is 5.78. The van der Waals surface area contributed by atoms with Crippen molar-refractivity contribution in [1.82, 2.24) is 5.32 Å². The highest BCUT2D eigenvalue weighted by Crippen LogP contribution is 2.49. The molecule has 0 heterocycles. The maximum absolute atomic E-state index is 12.2. The van der Waals surface area contributed by atoms with E-state index in [0.29, 0.717) is 5.92 Å². The summed E-state index contributed by atoms with van der Waals surface area (Å²) in [4.78, 5) is 13.5. The third-order valence-corrected chi connectivity index (χ3v) is 5.51. The molecular formula is C19H20ClNOS. The summed E-state index contributed by atoms with van der Waals surface area (Å²) in [6.07, 6.45) is 1.89. The summed E-state index contributed by atoms with van der Waals surface area (Å²) >= 11 is 8.03. The van der Waals surface area contributed by atoms with Crippen LogP contribution < -0.4 is 5.32 Å². The van der Waals surface area contributed by atoms with Gasteiger partial charge < -0.3 is 5.32 Å². The van der Waals surface area contributed by atoms with E-state index < -0.39 is 0 Å². The number of carbonyl (C=O) groups excluding carboxylic acids is 1. The fraction of sp³-hybridized carbons (Fsp3) is 0.316. The molecular weight excluding hydrogens is 326 g/mol. The first-order chi connectivity index (χ1) is 11.3. The van der Waals surface area contributed by atoms with Crippen molar-refractivity contribution in [3.05, 3.63) is 65.2 Å². The van der Waals surface area contributed by atoms with Gasteiger partial charge in [0.15, 0.2) is 0 Å². The van der Waals surface area contributed by atoms with Crippen molar-refractivity contribution in [2.45, 2.75) is 23.7 Å². The number of halogens is 1. The lowest BCUT2D eigenvalue weighted by Crippen LogP contribution is -2.26. The standard InChI is InChI=1S/C19H20ClNOS/c20-18-10-5-4-9-15(18)16-13-17(16)19(22)21-11-6-12-23-14-7-2-1-3-8-14/h1-5,7-10,16-17H,6,11-13H2,(H,21,22). The van der Waals surface area contributed by atoms with Gasteiger partial charge in [0.25, 0.3) is 0 Å². The summed E-state index contributed by atoms with van der Waals surface area (Å²) in [7, 11) is 0. The molecule has 2 aromatic rings. The minimum absolute atomic E-state index is 0.0941. The van der Waals surface area contributed by atoms with Gasteiger partial charge in [-0.2, -0.15) is 0 Å². The van der Waals surface area contributed by atoms with Crippen molar-refractivity contribution in [3.63, 3.8) is 0 Å². The minimum atomic E-state index is 0.0941. The summed E-state index contributed by atoms with van der Waals surface area (Å²) in [5, 5.41) is 3.83. The van der Waals surface area contributed by atoms with E-state index in [1.165, 1.54) is 4.90 Å². The molecule has 0 bridgehead atoms. The Balaban J connectivity index is 1.36. The molecule has 1 aliphatic carbocycles. The van der Waals surface area contributed by atoms with Gasteiger partial charge in [0.05, 0.1) is 0 Å². The van der Waals surface area contributed by atoms with Gasteiger partial charge in [-0.05, 0) is 48.3 Å². The van der Waals surface area contributed by atoms with Crippen LogP contribution in [0.15, 0.2) is 59.5 Å². The van der Waals surface area contributed by atoms with E-state index in [1.54, 1.807) is 0 Å². The van der Waals surface area contributed by atoms with E-state index in [2.05, 4.69) is 17.4 Å². The highest BCUT2D eigenvalue weighted by Gasteiger charge is 2.44. The van der Waals surface area contributed by atoms with Gasteiger partial charge in [-0.3, -0.25) is 4.79 Å². The average molecular weight is 346 g/mol. The molecule has 2 aromatic carbocycles. The van der Waals surface area contributed by atoms with Crippen LogP contribution in [0.25, 0.3) is 0 Å². The number of amides is 1. The van der Waals surface area contributed by atoms with Crippen LogP contribution in [0.4, 0.5) is 0 Å². The lowest BCUT2D eigenvalue weighted by Gasteiger charge is -2.06. The van der Waals surface area contributed by atoms with Gasteiger partial charge >= 0.3 is 0 Å². The molecule has 1 amide bonds. The average Bonchev–Trinajstić information content (AvgIpc) is 3.36. The van der Waals surface area contributed by atoms with Crippen LogP contribution in [0.5, 0.6) is 0 Å². The predicted octanol–water partition coefficient (Wildman–Crippen LogP) is 4.74. The van der Waals surface area contributed by atoms with Crippen molar-refractivity contribution in [3.8, 4) is 0 Å². The fourth-order valence-corrected chi connectivity index (χ4v) is 3.88. The maximum Gasteiger partial charge on any atom is 0.223 e. The van der Waals surface area contributed by atoms with Crippen molar-refractivity contribution < 1.29 is 4.79 Å². The van der Waals surface area contributed by atoms with Crippen LogP contribution in [0.2, 0.25) is 5.02 Å². The number of thioether (sulfide) groups is 1. The van der Waals surface area contributed by atoms with E-state index in [0.717, 1.165) is 35.7 Å². The van der Waals surface area contributed by atoms with Gasteiger partial charge in [-0.25, -0.2) is 0 Å². The van der Waals surface area contributed by atoms with E-state index in [-0.39, 0.29) is 11.8 Å². The Labute approximate surface area is 146 Å². The molecule has 2 unspecified atom stereocenters. The smallest absolute Gasteiger partial charge is 0.223 e. The first-order valence-electron chi connectivity index (χ1n) is 7.95. The largest absolute Gasteiger partial charge is 0.356 e. The first kappa shape index (κ1) is 16.4. The number of hydrogen-bond acceptors (Lipinski definition) is 2. The molecule has 0 radical (unpaired) electrons. The number of benzene rings is 2. The Bertz CT molecular complexity index is 661. The molecule has 0 aromatic heterocycles. The van der Waals surface area contributed by atoms with E-state index in [1.807, 2.05) is 54.2 Å². The van der Waals surface area contributed by atoms with Crippen LogP contribution in [0.3, 0.4) is 0 Å². The van der Waals surface area contributed by atoms with Crippen molar-refractivity contribution in [1.29, 1.82) is 0 Å². The second kappa shape index (κ2) is 7.89. The second-order valence-corrected chi connectivity index (χ2v) is 7.35. The zero-order valence-corrected chi connectivity index (χ0v) is 14.4. The molecule has 1 fully saturated rings. The molecule has 1 aliphatic rings. The van der Waals surface area contributed by atoms with Crippen LogP contribution >= 0.6 is 23.4 Å². The highest BCUT2D eigenvalue weighted by molar-refractivity contribution is 7.99. The SMILES string of the molecule is O=C(NCCCSc1ccccc1)C1CC1c1ccccc1Cl. The maximum atomic E-state index is 12.2. The molecule has 0 aliphatic heterocycles.